The summed E-state index contributed by atoms with van der Waals surface area (Å²) in [7, 11) is 1.83. The Balaban J connectivity index is 0.00000225. The highest BCUT2D eigenvalue weighted by Gasteiger charge is 2.21. The van der Waals surface area contributed by atoms with E-state index in [1.165, 1.54) is 5.56 Å². The number of halogens is 1. The van der Waals surface area contributed by atoms with Crippen molar-refractivity contribution in [1.29, 1.82) is 0 Å². The summed E-state index contributed by atoms with van der Waals surface area (Å²) in [5, 5.41) is 11.9. The van der Waals surface area contributed by atoms with Crippen LogP contribution in [0, 0.1) is 0 Å². The Bertz CT molecular complexity index is 957. The van der Waals surface area contributed by atoms with Gasteiger partial charge < -0.3 is 10.3 Å². The molecule has 0 aliphatic carbocycles. The summed E-state index contributed by atoms with van der Waals surface area (Å²) in [5.74, 6) is 1.63. The van der Waals surface area contributed by atoms with Gasteiger partial charge in [0, 0.05) is 30.1 Å². The van der Waals surface area contributed by atoms with Gasteiger partial charge in [0.25, 0.3) is 0 Å². The van der Waals surface area contributed by atoms with Gasteiger partial charge in [-0.3, -0.25) is 10.1 Å². The van der Waals surface area contributed by atoms with Gasteiger partial charge >= 0.3 is 0 Å². The molecule has 0 radical (unpaired) electrons. The van der Waals surface area contributed by atoms with Crippen LogP contribution in [0.3, 0.4) is 0 Å². The molecule has 1 fully saturated rings. The number of aryl methyl sites for hydroxylation is 2. The molecule has 3 aromatic rings. The van der Waals surface area contributed by atoms with Gasteiger partial charge in [-0.25, -0.2) is 4.68 Å². The second-order valence-corrected chi connectivity index (χ2v) is 7.17. The van der Waals surface area contributed by atoms with Crippen molar-refractivity contribution in [3.8, 4) is 0 Å². The van der Waals surface area contributed by atoms with E-state index in [1.54, 1.807) is 4.68 Å². The molecule has 1 aromatic carbocycles. The summed E-state index contributed by atoms with van der Waals surface area (Å²) in [4.78, 5) is 20.5. The van der Waals surface area contributed by atoms with Crippen molar-refractivity contribution in [3.05, 3.63) is 41.3 Å². The second kappa shape index (κ2) is 8.75. The molecule has 0 bridgehead atoms. The highest BCUT2D eigenvalue weighted by atomic mass is 35.5. The molecule has 8 heteroatoms. The number of nitrogens with zero attached hydrogens (tertiary/aromatic N) is 3. The van der Waals surface area contributed by atoms with Crippen molar-refractivity contribution in [2.24, 2.45) is 7.05 Å². The van der Waals surface area contributed by atoms with Crippen LogP contribution < -0.4 is 10.6 Å². The van der Waals surface area contributed by atoms with E-state index in [9.17, 15) is 4.79 Å². The summed E-state index contributed by atoms with van der Waals surface area (Å²) >= 11 is 0. The van der Waals surface area contributed by atoms with Crippen LogP contribution in [0.5, 0.6) is 0 Å². The number of aromatic amines is 1. The molecule has 0 atom stereocenters. The Labute approximate surface area is 170 Å². The van der Waals surface area contributed by atoms with Crippen LogP contribution in [0.4, 0.5) is 5.95 Å². The van der Waals surface area contributed by atoms with E-state index >= 15 is 0 Å². The van der Waals surface area contributed by atoms with E-state index in [1.807, 2.05) is 19.3 Å². The third-order valence-corrected chi connectivity index (χ3v) is 5.35. The van der Waals surface area contributed by atoms with Crippen molar-refractivity contribution >= 4 is 35.2 Å². The lowest BCUT2D eigenvalue weighted by Crippen LogP contribution is -2.27. The fourth-order valence-corrected chi connectivity index (χ4v) is 3.82. The molecule has 0 spiro atoms. The van der Waals surface area contributed by atoms with Gasteiger partial charge in [0.05, 0.1) is 6.42 Å². The van der Waals surface area contributed by atoms with E-state index in [0.29, 0.717) is 18.3 Å². The Morgan fingerprint density at radius 3 is 2.82 bits per heavy atom. The first-order valence-corrected chi connectivity index (χ1v) is 9.65. The number of H-pyrrole nitrogens is 1. The van der Waals surface area contributed by atoms with Gasteiger partial charge in [0.1, 0.15) is 0 Å². The predicted molar refractivity (Wildman–Crippen MR) is 113 cm³/mol. The number of piperidine rings is 1. The Hall–Kier alpha value is -2.38. The first kappa shape index (κ1) is 20.4. The number of fused-ring (bicyclic) bond motifs is 1. The van der Waals surface area contributed by atoms with E-state index in [2.05, 4.69) is 44.8 Å². The highest BCUT2D eigenvalue weighted by Crippen LogP contribution is 2.24. The van der Waals surface area contributed by atoms with Crippen molar-refractivity contribution in [2.45, 2.75) is 38.5 Å². The second-order valence-electron chi connectivity index (χ2n) is 7.17. The molecule has 0 saturated carbocycles. The topological polar surface area (TPSA) is 87.6 Å². The fraction of sp³-hybridized carbons (Fsp3) is 0.450. The lowest BCUT2D eigenvalue weighted by atomic mass is 9.98. The fourth-order valence-electron chi connectivity index (χ4n) is 3.82. The molecule has 3 heterocycles. The smallest absolute Gasteiger partial charge is 0.231 e. The minimum atomic E-state index is -0.0786. The molecule has 150 valence electrons. The molecule has 2 aromatic heterocycles. The maximum Gasteiger partial charge on any atom is 0.231 e. The van der Waals surface area contributed by atoms with Gasteiger partial charge in [-0.05, 0) is 43.5 Å². The highest BCUT2D eigenvalue weighted by molar-refractivity contribution is 5.95. The predicted octanol–water partition coefficient (Wildman–Crippen LogP) is 2.93. The number of hydrogen-bond donors (Lipinski definition) is 3. The van der Waals surface area contributed by atoms with Gasteiger partial charge in [-0.2, -0.15) is 10.1 Å². The van der Waals surface area contributed by atoms with Crippen LogP contribution in [0.2, 0.25) is 0 Å². The number of rotatable bonds is 5. The van der Waals surface area contributed by atoms with Crippen LogP contribution >= 0.6 is 12.4 Å². The molecule has 1 saturated heterocycles. The molecular weight excluding hydrogens is 376 g/mol. The summed E-state index contributed by atoms with van der Waals surface area (Å²) in [6.45, 7) is 4.12. The Morgan fingerprint density at radius 1 is 1.29 bits per heavy atom. The zero-order chi connectivity index (χ0) is 18.8. The number of benzene rings is 1. The largest absolute Gasteiger partial charge is 0.361 e. The molecule has 1 amide bonds. The number of nitrogens with one attached hydrogen (secondary N) is 3. The molecule has 7 nitrogen and oxygen atoms in total. The first-order chi connectivity index (χ1) is 13.2. The quantitative estimate of drug-likeness (QED) is 0.612. The minimum Gasteiger partial charge on any atom is -0.361 e. The zero-order valence-electron chi connectivity index (χ0n) is 16.3. The molecule has 28 heavy (non-hydrogen) atoms. The zero-order valence-corrected chi connectivity index (χ0v) is 17.1. The van der Waals surface area contributed by atoms with Crippen LogP contribution in [-0.2, 0) is 24.7 Å². The summed E-state index contributed by atoms with van der Waals surface area (Å²) in [6.07, 6.45) is 5.27. The number of amides is 1. The van der Waals surface area contributed by atoms with E-state index in [0.717, 1.165) is 54.6 Å². The lowest BCUT2D eigenvalue weighted by Gasteiger charge is -2.19. The van der Waals surface area contributed by atoms with E-state index in [4.69, 9.17) is 0 Å². The Morgan fingerprint density at radius 2 is 2.07 bits per heavy atom. The van der Waals surface area contributed by atoms with Gasteiger partial charge in [-0.1, -0.05) is 25.1 Å². The maximum atomic E-state index is 12.6. The standard InChI is InChI=1S/C20H26N6O.ClH/c1-3-13-5-4-6-16-15(12-22-18(13)16)11-17(27)23-20-24-19(25-26(20)2)14-7-9-21-10-8-14;/h4-6,12,14,21-22H,3,7-11H2,1-2H3,(H,23,24,25,27);1H. The molecule has 1 aliphatic rings. The maximum absolute atomic E-state index is 12.6. The first-order valence-electron chi connectivity index (χ1n) is 9.65. The van der Waals surface area contributed by atoms with Crippen molar-refractivity contribution < 1.29 is 4.79 Å². The van der Waals surface area contributed by atoms with Gasteiger partial charge in [-0.15, -0.1) is 12.4 Å². The number of para-hydroxylation sites is 1. The average molecular weight is 403 g/mol. The number of anilines is 1. The molecule has 0 unspecified atom stereocenters. The van der Waals surface area contributed by atoms with Crippen LogP contribution in [0.1, 0.15) is 42.6 Å². The molecular formula is C20H27ClN6O. The number of carbonyl (C=O) groups excluding carboxylic acids is 1. The van der Waals surface area contributed by atoms with Gasteiger partial charge in [0.2, 0.25) is 11.9 Å². The van der Waals surface area contributed by atoms with Crippen molar-refractivity contribution in [1.82, 2.24) is 25.1 Å². The third-order valence-electron chi connectivity index (χ3n) is 5.35. The third kappa shape index (κ3) is 4.05. The lowest BCUT2D eigenvalue weighted by molar-refractivity contribution is -0.115. The number of hydrogen-bond acceptors (Lipinski definition) is 4. The number of aromatic nitrogens is 4. The molecule has 1 aliphatic heterocycles. The monoisotopic (exact) mass is 402 g/mol. The Kier molecular flexibility index (Phi) is 6.36. The minimum absolute atomic E-state index is 0. The van der Waals surface area contributed by atoms with Crippen LogP contribution in [0.25, 0.3) is 10.9 Å². The SMILES string of the molecule is CCc1cccc2c(CC(=O)Nc3nc(C4CCNCC4)nn3C)c[nH]c12.Cl. The number of carbonyl (C=O) groups is 1. The summed E-state index contributed by atoms with van der Waals surface area (Å²) in [6, 6.07) is 6.22. The van der Waals surface area contributed by atoms with Crippen molar-refractivity contribution in [2.75, 3.05) is 18.4 Å². The van der Waals surface area contributed by atoms with Crippen molar-refractivity contribution in [3.63, 3.8) is 0 Å². The summed E-state index contributed by atoms with van der Waals surface area (Å²) < 4.78 is 1.67. The average Bonchev–Trinajstić information content (AvgIpc) is 3.26. The van der Waals surface area contributed by atoms with Crippen LogP contribution in [-0.4, -0.2) is 38.7 Å². The van der Waals surface area contributed by atoms with E-state index < -0.39 is 0 Å². The molecule has 3 N–H and O–H groups in total. The molecule has 4 rings (SSSR count). The summed E-state index contributed by atoms with van der Waals surface area (Å²) in [5.41, 5.74) is 3.38. The van der Waals surface area contributed by atoms with Crippen LogP contribution in [0.15, 0.2) is 24.4 Å². The van der Waals surface area contributed by atoms with Gasteiger partial charge in [0.15, 0.2) is 5.82 Å². The van der Waals surface area contributed by atoms with E-state index in [-0.39, 0.29) is 18.3 Å². The normalized spacial score (nSPS) is 14.8.